The van der Waals surface area contributed by atoms with Gasteiger partial charge in [0.2, 0.25) is 0 Å². The van der Waals surface area contributed by atoms with E-state index in [1.165, 1.54) is 29.2 Å². The summed E-state index contributed by atoms with van der Waals surface area (Å²) >= 11 is 5.94. The second-order valence-electron chi connectivity index (χ2n) is 7.36. The van der Waals surface area contributed by atoms with E-state index in [0.29, 0.717) is 0 Å². The fourth-order valence-electron chi connectivity index (χ4n) is 3.45. The highest BCUT2D eigenvalue weighted by atomic mass is 35.5. The van der Waals surface area contributed by atoms with Crippen LogP contribution in [0.4, 0.5) is 14.5 Å². The summed E-state index contributed by atoms with van der Waals surface area (Å²) in [7, 11) is 0. The van der Waals surface area contributed by atoms with Crippen LogP contribution in [0.3, 0.4) is 0 Å². The first kappa shape index (κ1) is 22.2. The molecule has 2 aromatic heterocycles. The smallest absolute Gasteiger partial charge is 0.325 e. The van der Waals surface area contributed by atoms with Crippen molar-refractivity contribution in [3.8, 4) is 23.1 Å². The Kier molecular flexibility index (Phi) is 5.73. The Morgan fingerprint density at radius 1 is 1.27 bits per heavy atom. The Balaban J connectivity index is 1.55. The van der Waals surface area contributed by atoms with Gasteiger partial charge in [0.05, 0.1) is 40.9 Å². The maximum absolute atomic E-state index is 14.7. The van der Waals surface area contributed by atoms with E-state index in [1.807, 2.05) is 11.1 Å². The molecular formula is C20H15ClF2N6O4. The molecule has 1 aliphatic heterocycles. The Hall–Kier alpha value is -3.98. The highest BCUT2D eigenvalue weighted by Crippen LogP contribution is 2.36. The third kappa shape index (κ3) is 4.49. The summed E-state index contributed by atoms with van der Waals surface area (Å²) in [6.07, 6.45) is 1.11. The zero-order chi connectivity index (χ0) is 23.8. The second-order valence-corrected chi connectivity index (χ2v) is 7.76. The highest BCUT2D eigenvalue weighted by molar-refractivity contribution is 6.31. The van der Waals surface area contributed by atoms with Crippen molar-refractivity contribution < 1.29 is 13.5 Å². The number of rotatable bonds is 5. The average Bonchev–Trinajstić information content (AvgIpc) is 3.07. The molecule has 0 spiro atoms. The molecule has 1 fully saturated rings. The number of nitriles is 1. The van der Waals surface area contributed by atoms with Gasteiger partial charge in [0.1, 0.15) is 17.5 Å². The predicted octanol–water partition coefficient (Wildman–Crippen LogP) is 1.49. The van der Waals surface area contributed by atoms with Crippen LogP contribution >= 0.6 is 11.6 Å². The molecule has 1 saturated heterocycles. The van der Waals surface area contributed by atoms with E-state index in [9.17, 15) is 23.2 Å². The molecule has 0 aliphatic carbocycles. The lowest BCUT2D eigenvalue weighted by Crippen LogP contribution is -2.32. The third-order valence-corrected chi connectivity index (χ3v) is 5.48. The molecule has 170 valence electrons. The summed E-state index contributed by atoms with van der Waals surface area (Å²) in [5.41, 5.74) is -2.10. The first-order valence-electron chi connectivity index (χ1n) is 9.55. The molecule has 4 rings (SSSR count). The van der Waals surface area contributed by atoms with Gasteiger partial charge in [-0.1, -0.05) is 11.6 Å². The van der Waals surface area contributed by atoms with E-state index >= 15 is 0 Å². The number of alkyl halides is 2. The van der Waals surface area contributed by atoms with Crippen LogP contribution < -0.4 is 26.4 Å². The van der Waals surface area contributed by atoms with Gasteiger partial charge in [-0.3, -0.25) is 14.6 Å². The van der Waals surface area contributed by atoms with Gasteiger partial charge in [0.25, 0.3) is 17.0 Å². The lowest BCUT2D eigenvalue weighted by molar-refractivity contribution is -0.0354. The quantitative estimate of drug-likeness (QED) is 0.505. The highest BCUT2D eigenvalue weighted by Gasteiger charge is 2.49. The maximum Gasteiger partial charge on any atom is 0.325 e. The van der Waals surface area contributed by atoms with Crippen molar-refractivity contribution in [1.29, 1.82) is 5.26 Å². The van der Waals surface area contributed by atoms with Crippen LogP contribution in [0.25, 0.3) is 11.3 Å². The number of hydrogen-bond acceptors (Lipinski definition) is 7. The molecule has 0 saturated carbocycles. The average molecular weight is 477 g/mol. The van der Waals surface area contributed by atoms with Crippen molar-refractivity contribution in [1.82, 2.24) is 20.2 Å². The van der Waals surface area contributed by atoms with Crippen molar-refractivity contribution in [3.05, 3.63) is 72.2 Å². The van der Waals surface area contributed by atoms with Gasteiger partial charge in [-0.15, -0.1) is 0 Å². The van der Waals surface area contributed by atoms with Crippen molar-refractivity contribution in [2.24, 2.45) is 5.92 Å². The number of anilines is 1. The minimum absolute atomic E-state index is 0.00246. The van der Waals surface area contributed by atoms with Crippen LogP contribution in [0.5, 0.6) is 5.75 Å². The standard InChI is InChI=1S/C20H15ClF2N6O4/c21-14-3-12(2-1-10(14)5-24)33-8-11-7-29(9-20(11,22)23)16-4-15(27-28-18(16)31)13-6-25-19(32)26-17(13)30/h1-4,6,11H,7-9H2,(H,28,31)(H2,25,26,30,32)/t11-/m1/s1. The number of aromatic amines is 3. The Labute approximate surface area is 188 Å². The van der Waals surface area contributed by atoms with Crippen LogP contribution in [-0.4, -0.2) is 45.8 Å². The van der Waals surface area contributed by atoms with Gasteiger partial charge >= 0.3 is 5.69 Å². The molecule has 0 bridgehead atoms. The number of hydrogen-bond donors (Lipinski definition) is 3. The van der Waals surface area contributed by atoms with E-state index in [0.717, 1.165) is 6.20 Å². The SMILES string of the molecule is N#Cc1ccc(OC[C@H]2CN(c3cc(-c4c[nH]c(=O)[nH]c4=O)n[nH]c3=O)CC2(F)F)cc1Cl. The first-order chi connectivity index (χ1) is 15.7. The van der Waals surface area contributed by atoms with E-state index < -0.39 is 35.2 Å². The Bertz CT molecular complexity index is 1430. The zero-order valence-corrected chi connectivity index (χ0v) is 17.4. The second kappa shape index (κ2) is 8.51. The lowest BCUT2D eigenvalue weighted by Gasteiger charge is -2.17. The number of aromatic nitrogens is 4. The molecule has 0 amide bonds. The Morgan fingerprint density at radius 2 is 2.06 bits per heavy atom. The van der Waals surface area contributed by atoms with Crippen LogP contribution in [0.2, 0.25) is 5.02 Å². The number of nitrogens with zero attached hydrogens (tertiary/aromatic N) is 3. The first-order valence-corrected chi connectivity index (χ1v) is 9.93. The normalized spacial score (nSPS) is 17.0. The van der Waals surface area contributed by atoms with Crippen molar-refractivity contribution in [3.63, 3.8) is 0 Å². The summed E-state index contributed by atoms with van der Waals surface area (Å²) in [4.78, 5) is 41.0. The largest absolute Gasteiger partial charge is 0.493 e. The van der Waals surface area contributed by atoms with E-state index in [2.05, 4.69) is 15.2 Å². The molecule has 3 aromatic rings. The van der Waals surface area contributed by atoms with Gasteiger partial charge < -0.3 is 14.6 Å². The van der Waals surface area contributed by atoms with E-state index in [1.54, 1.807) is 0 Å². The molecule has 10 nitrogen and oxygen atoms in total. The molecule has 3 heterocycles. The zero-order valence-electron chi connectivity index (χ0n) is 16.7. The molecular weight excluding hydrogens is 462 g/mol. The van der Waals surface area contributed by atoms with Crippen LogP contribution in [0.1, 0.15) is 5.56 Å². The lowest BCUT2D eigenvalue weighted by atomic mass is 10.1. The molecule has 0 radical (unpaired) electrons. The minimum Gasteiger partial charge on any atom is -0.493 e. The maximum atomic E-state index is 14.7. The minimum atomic E-state index is -3.18. The molecule has 3 N–H and O–H groups in total. The molecule has 1 atom stereocenters. The monoisotopic (exact) mass is 476 g/mol. The van der Waals surface area contributed by atoms with Gasteiger partial charge in [0, 0.05) is 18.8 Å². The number of ether oxygens (including phenoxy) is 1. The topological polar surface area (TPSA) is 148 Å². The molecule has 13 heteroatoms. The summed E-state index contributed by atoms with van der Waals surface area (Å²) in [5.74, 6) is -4.20. The fourth-order valence-corrected chi connectivity index (χ4v) is 3.66. The summed E-state index contributed by atoms with van der Waals surface area (Å²) < 4.78 is 34.9. The van der Waals surface area contributed by atoms with Gasteiger partial charge in [-0.05, 0) is 18.2 Å². The summed E-state index contributed by atoms with van der Waals surface area (Å²) in [5, 5.41) is 15.0. The fraction of sp³-hybridized carbons (Fsp3) is 0.250. The molecule has 0 unspecified atom stereocenters. The van der Waals surface area contributed by atoms with Gasteiger partial charge in [-0.2, -0.15) is 10.4 Å². The number of nitrogens with one attached hydrogen (secondary N) is 3. The van der Waals surface area contributed by atoms with Gasteiger partial charge in [0.15, 0.2) is 0 Å². The van der Waals surface area contributed by atoms with Crippen molar-refractivity contribution in [2.45, 2.75) is 5.92 Å². The van der Waals surface area contributed by atoms with E-state index in [4.69, 9.17) is 21.6 Å². The van der Waals surface area contributed by atoms with Gasteiger partial charge in [-0.25, -0.2) is 18.7 Å². The van der Waals surface area contributed by atoms with Crippen LogP contribution in [0.15, 0.2) is 44.8 Å². The predicted molar refractivity (Wildman–Crippen MR) is 114 cm³/mol. The van der Waals surface area contributed by atoms with Crippen molar-refractivity contribution >= 4 is 17.3 Å². The van der Waals surface area contributed by atoms with Crippen LogP contribution in [0, 0.1) is 17.2 Å². The van der Waals surface area contributed by atoms with Crippen LogP contribution in [-0.2, 0) is 0 Å². The summed E-state index contributed by atoms with van der Waals surface area (Å²) in [6.45, 7) is -1.31. The molecule has 33 heavy (non-hydrogen) atoms. The number of H-pyrrole nitrogens is 3. The number of halogens is 3. The molecule has 1 aliphatic rings. The molecule has 1 aromatic carbocycles. The number of benzene rings is 1. The van der Waals surface area contributed by atoms with E-state index in [-0.39, 0.29) is 46.4 Å². The summed E-state index contributed by atoms with van der Waals surface area (Å²) in [6, 6.07) is 7.35. The van der Waals surface area contributed by atoms with Crippen molar-refractivity contribution in [2.75, 3.05) is 24.6 Å². The third-order valence-electron chi connectivity index (χ3n) is 5.17. The Morgan fingerprint density at radius 3 is 2.76 bits per heavy atom.